The van der Waals surface area contributed by atoms with Crippen molar-refractivity contribution in [1.29, 1.82) is 0 Å². The van der Waals surface area contributed by atoms with Crippen molar-refractivity contribution in [2.75, 3.05) is 56.6 Å². The highest BCUT2D eigenvalue weighted by Crippen LogP contribution is 2.38. The largest absolute Gasteiger partial charge is 0.379 e. The number of benzene rings is 1. The van der Waals surface area contributed by atoms with Gasteiger partial charge in [0.1, 0.15) is 5.00 Å². The van der Waals surface area contributed by atoms with Crippen LogP contribution in [0.25, 0.3) is 0 Å². The molecule has 0 saturated carbocycles. The van der Waals surface area contributed by atoms with E-state index >= 15 is 0 Å². The average molecular weight is 521 g/mol. The van der Waals surface area contributed by atoms with E-state index in [0.29, 0.717) is 10.6 Å². The molecule has 172 valence electrons. The highest BCUT2D eigenvalue weighted by molar-refractivity contribution is 9.10. The molecule has 3 N–H and O–H groups in total. The van der Waals surface area contributed by atoms with Gasteiger partial charge in [0.25, 0.3) is 5.91 Å². The number of hydrogen-bond acceptors (Lipinski definition) is 6. The number of ether oxygens (including phenoxy) is 1. The van der Waals surface area contributed by atoms with Crippen LogP contribution in [0.3, 0.4) is 0 Å². The van der Waals surface area contributed by atoms with Gasteiger partial charge in [0, 0.05) is 41.2 Å². The van der Waals surface area contributed by atoms with Crippen molar-refractivity contribution in [3.63, 3.8) is 0 Å². The topological polar surface area (TPSA) is 82.7 Å². The minimum atomic E-state index is -0.165. The first-order valence-electron chi connectivity index (χ1n) is 11.1. The zero-order valence-corrected chi connectivity index (χ0v) is 20.4. The Kier molecular flexibility index (Phi) is 8.31. The summed E-state index contributed by atoms with van der Waals surface area (Å²) in [4.78, 5) is 29.3. The van der Waals surface area contributed by atoms with E-state index in [4.69, 9.17) is 4.74 Å². The van der Waals surface area contributed by atoms with Gasteiger partial charge in [-0.3, -0.25) is 14.5 Å². The monoisotopic (exact) mass is 520 g/mol. The fourth-order valence-corrected chi connectivity index (χ4v) is 5.62. The van der Waals surface area contributed by atoms with E-state index in [-0.39, 0.29) is 18.4 Å². The second-order valence-corrected chi connectivity index (χ2v) is 10.1. The molecular formula is C23H29BrN4O3S. The first kappa shape index (κ1) is 23.4. The van der Waals surface area contributed by atoms with Crippen molar-refractivity contribution < 1.29 is 14.3 Å². The second kappa shape index (κ2) is 11.4. The van der Waals surface area contributed by atoms with Gasteiger partial charge in [0.15, 0.2) is 0 Å². The maximum Gasteiger partial charge on any atom is 0.258 e. The SMILES string of the molecule is O=C(CNCCN1CCOCC1)Nc1sc2c(c1C(=O)Nc1ccc(Br)cc1)CCCC2. The van der Waals surface area contributed by atoms with E-state index in [9.17, 15) is 9.59 Å². The molecule has 2 aliphatic rings. The number of anilines is 2. The van der Waals surface area contributed by atoms with Crippen LogP contribution < -0.4 is 16.0 Å². The lowest BCUT2D eigenvalue weighted by Gasteiger charge is -2.26. The summed E-state index contributed by atoms with van der Waals surface area (Å²) in [6.07, 6.45) is 4.03. The molecule has 1 aliphatic carbocycles. The Morgan fingerprint density at radius 2 is 1.81 bits per heavy atom. The number of nitrogens with zero attached hydrogens (tertiary/aromatic N) is 1. The third-order valence-corrected chi connectivity index (χ3v) is 7.48. The summed E-state index contributed by atoms with van der Waals surface area (Å²) >= 11 is 4.96. The molecule has 0 unspecified atom stereocenters. The molecule has 0 atom stereocenters. The zero-order chi connectivity index (χ0) is 22.3. The predicted molar refractivity (Wildman–Crippen MR) is 132 cm³/mol. The number of amides is 2. The summed E-state index contributed by atoms with van der Waals surface area (Å²) in [6, 6.07) is 7.50. The molecule has 0 spiro atoms. The first-order valence-corrected chi connectivity index (χ1v) is 12.7. The summed E-state index contributed by atoms with van der Waals surface area (Å²) in [5.74, 6) is -0.287. The number of thiophene rings is 1. The Hall–Kier alpha value is -1.78. The quantitative estimate of drug-likeness (QED) is 0.464. The third-order valence-electron chi connectivity index (χ3n) is 5.75. The van der Waals surface area contributed by atoms with E-state index < -0.39 is 0 Å². The number of rotatable bonds is 8. The number of fused-ring (bicyclic) bond motifs is 1. The van der Waals surface area contributed by atoms with Gasteiger partial charge in [-0.2, -0.15) is 0 Å². The van der Waals surface area contributed by atoms with Crippen molar-refractivity contribution in [3.05, 3.63) is 44.7 Å². The number of carbonyl (C=O) groups is 2. The van der Waals surface area contributed by atoms with Crippen LogP contribution in [0.15, 0.2) is 28.7 Å². The lowest BCUT2D eigenvalue weighted by molar-refractivity contribution is -0.115. The molecule has 1 aromatic heterocycles. The lowest BCUT2D eigenvalue weighted by atomic mass is 9.95. The van der Waals surface area contributed by atoms with E-state index in [2.05, 4.69) is 36.8 Å². The molecule has 1 aliphatic heterocycles. The molecule has 1 saturated heterocycles. The molecular weight excluding hydrogens is 492 g/mol. The summed E-state index contributed by atoms with van der Waals surface area (Å²) in [6.45, 7) is 5.27. The van der Waals surface area contributed by atoms with Crippen LogP contribution >= 0.6 is 27.3 Å². The summed E-state index contributed by atoms with van der Waals surface area (Å²) in [5, 5.41) is 9.86. The van der Waals surface area contributed by atoms with Crippen LogP contribution in [0.5, 0.6) is 0 Å². The molecule has 0 radical (unpaired) electrons. The molecule has 2 aromatic rings. The molecule has 32 heavy (non-hydrogen) atoms. The number of nitrogens with one attached hydrogen (secondary N) is 3. The molecule has 4 rings (SSSR count). The summed E-state index contributed by atoms with van der Waals surface area (Å²) in [7, 11) is 0. The third kappa shape index (κ3) is 6.17. The van der Waals surface area contributed by atoms with Crippen molar-refractivity contribution in [2.24, 2.45) is 0 Å². The Morgan fingerprint density at radius 1 is 1.06 bits per heavy atom. The van der Waals surface area contributed by atoms with E-state index in [1.54, 1.807) is 11.3 Å². The number of carbonyl (C=O) groups excluding carboxylic acids is 2. The molecule has 9 heteroatoms. The number of hydrogen-bond donors (Lipinski definition) is 3. The summed E-state index contributed by atoms with van der Waals surface area (Å²) in [5.41, 5.74) is 2.44. The minimum Gasteiger partial charge on any atom is -0.379 e. The average Bonchev–Trinajstić information content (AvgIpc) is 3.17. The number of morpholine rings is 1. The van der Waals surface area contributed by atoms with Crippen molar-refractivity contribution >= 4 is 49.8 Å². The highest BCUT2D eigenvalue weighted by Gasteiger charge is 2.26. The van der Waals surface area contributed by atoms with Gasteiger partial charge >= 0.3 is 0 Å². The normalized spacial score (nSPS) is 16.4. The Labute approximate surface area is 201 Å². The summed E-state index contributed by atoms with van der Waals surface area (Å²) < 4.78 is 6.31. The lowest BCUT2D eigenvalue weighted by Crippen LogP contribution is -2.41. The van der Waals surface area contributed by atoms with Crippen LogP contribution in [-0.4, -0.2) is 62.7 Å². The maximum absolute atomic E-state index is 13.2. The van der Waals surface area contributed by atoms with Gasteiger partial charge in [-0.1, -0.05) is 15.9 Å². The first-order chi connectivity index (χ1) is 15.6. The van der Waals surface area contributed by atoms with E-state index in [1.165, 1.54) is 4.88 Å². The van der Waals surface area contributed by atoms with Crippen LogP contribution in [-0.2, 0) is 22.4 Å². The molecule has 0 bridgehead atoms. The Bertz CT molecular complexity index is 941. The van der Waals surface area contributed by atoms with Gasteiger partial charge in [-0.15, -0.1) is 11.3 Å². The van der Waals surface area contributed by atoms with Crippen molar-refractivity contribution in [3.8, 4) is 0 Å². The number of halogens is 1. The van der Waals surface area contributed by atoms with Crippen LogP contribution in [0.1, 0.15) is 33.6 Å². The second-order valence-electron chi connectivity index (χ2n) is 8.06. The van der Waals surface area contributed by atoms with Crippen LogP contribution in [0, 0.1) is 0 Å². The predicted octanol–water partition coefficient (Wildman–Crippen LogP) is 3.50. The standard InChI is InChI=1S/C23H29BrN4O3S/c24-16-5-7-17(8-6-16)26-22(30)21-18-3-1-2-4-19(18)32-23(21)27-20(29)15-25-9-10-28-11-13-31-14-12-28/h5-8,25H,1-4,9-15H2,(H,26,30)(H,27,29). The minimum absolute atomic E-state index is 0.122. The molecule has 1 aromatic carbocycles. The molecule has 1 fully saturated rings. The molecule has 2 heterocycles. The van der Waals surface area contributed by atoms with Crippen molar-refractivity contribution in [2.45, 2.75) is 25.7 Å². The van der Waals surface area contributed by atoms with Gasteiger partial charge in [0.2, 0.25) is 5.91 Å². The maximum atomic E-state index is 13.2. The highest BCUT2D eigenvalue weighted by atomic mass is 79.9. The smallest absolute Gasteiger partial charge is 0.258 e. The molecule has 2 amide bonds. The van der Waals surface area contributed by atoms with Gasteiger partial charge in [-0.25, -0.2) is 0 Å². The fourth-order valence-electron chi connectivity index (χ4n) is 4.06. The van der Waals surface area contributed by atoms with E-state index in [0.717, 1.165) is 80.8 Å². The van der Waals surface area contributed by atoms with Crippen LogP contribution in [0.2, 0.25) is 0 Å². The van der Waals surface area contributed by atoms with Gasteiger partial charge in [0.05, 0.1) is 25.3 Å². The zero-order valence-electron chi connectivity index (χ0n) is 18.0. The van der Waals surface area contributed by atoms with E-state index in [1.807, 2.05) is 24.3 Å². The van der Waals surface area contributed by atoms with Gasteiger partial charge < -0.3 is 20.7 Å². The Morgan fingerprint density at radius 3 is 2.59 bits per heavy atom. The molecule has 7 nitrogen and oxygen atoms in total. The Balaban J connectivity index is 1.38. The number of aryl methyl sites for hydroxylation is 1. The van der Waals surface area contributed by atoms with Crippen LogP contribution in [0.4, 0.5) is 10.7 Å². The van der Waals surface area contributed by atoms with Gasteiger partial charge in [-0.05, 0) is 55.5 Å². The van der Waals surface area contributed by atoms with Crippen molar-refractivity contribution in [1.82, 2.24) is 10.2 Å². The fraction of sp³-hybridized carbons (Fsp3) is 0.478.